The minimum Gasteiger partial charge on any atom is -0.356 e. The van der Waals surface area contributed by atoms with Gasteiger partial charge < -0.3 is 15.2 Å². The zero-order valence-electron chi connectivity index (χ0n) is 16.7. The molecule has 10 heteroatoms. The second-order valence-electron chi connectivity index (χ2n) is 6.36. The van der Waals surface area contributed by atoms with Crippen LogP contribution in [0.1, 0.15) is 43.6 Å². The highest BCUT2D eigenvalue weighted by molar-refractivity contribution is 14.0. The Morgan fingerprint density at radius 1 is 1.17 bits per heavy atom. The van der Waals surface area contributed by atoms with E-state index in [2.05, 4.69) is 32.7 Å². The van der Waals surface area contributed by atoms with Gasteiger partial charge in [-0.25, -0.2) is 4.99 Å². The van der Waals surface area contributed by atoms with E-state index in [0.717, 1.165) is 43.8 Å². The minimum absolute atomic E-state index is 0. The Kier molecular flexibility index (Phi) is 11.0. The summed E-state index contributed by atoms with van der Waals surface area (Å²) in [4.78, 5) is 4.44. The maximum absolute atomic E-state index is 12.9. The summed E-state index contributed by atoms with van der Waals surface area (Å²) in [6, 6.07) is 5.25. The summed E-state index contributed by atoms with van der Waals surface area (Å²) in [5, 5.41) is 14.4. The Balaban J connectivity index is 0.00000420. The normalized spacial score (nSPS) is 11.8. The summed E-state index contributed by atoms with van der Waals surface area (Å²) >= 11 is 0. The number of aliphatic imine (C=N–C) groups is 1. The highest BCUT2D eigenvalue weighted by atomic mass is 127. The quantitative estimate of drug-likeness (QED) is 0.225. The fourth-order valence-electron chi connectivity index (χ4n) is 2.61. The molecule has 0 saturated heterocycles. The van der Waals surface area contributed by atoms with Crippen molar-refractivity contribution in [2.24, 2.45) is 4.99 Å². The molecule has 0 saturated carbocycles. The summed E-state index contributed by atoms with van der Waals surface area (Å²) < 4.78 is 40.5. The van der Waals surface area contributed by atoms with Crippen molar-refractivity contribution in [1.29, 1.82) is 0 Å². The van der Waals surface area contributed by atoms with Crippen molar-refractivity contribution in [2.75, 3.05) is 13.1 Å². The van der Waals surface area contributed by atoms with Gasteiger partial charge in [-0.15, -0.1) is 34.2 Å². The zero-order chi connectivity index (χ0) is 20.4. The van der Waals surface area contributed by atoms with Gasteiger partial charge in [-0.05, 0) is 24.1 Å². The van der Waals surface area contributed by atoms with Crippen LogP contribution in [-0.2, 0) is 25.7 Å². The third kappa shape index (κ3) is 8.58. The summed E-state index contributed by atoms with van der Waals surface area (Å²) in [5.41, 5.74) is -0.146. The average molecular weight is 524 g/mol. The van der Waals surface area contributed by atoms with Gasteiger partial charge >= 0.3 is 6.18 Å². The molecule has 0 atom stereocenters. The molecule has 0 unspecified atom stereocenters. The second-order valence-corrected chi connectivity index (χ2v) is 6.36. The number of alkyl halides is 3. The number of nitrogens with zero attached hydrogens (tertiary/aromatic N) is 4. The first-order chi connectivity index (χ1) is 13.4. The zero-order valence-corrected chi connectivity index (χ0v) is 19.0. The maximum Gasteiger partial charge on any atom is 0.416 e. The van der Waals surface area contributed by atoms with Crippen LogP contribution in [0.5, 0.6) is 0 Å². The van der Waals surface area contributed by atoms with E-state index in [-0.39, 0.29) is 30.5 Å². The van der Waals surface area contributed by atoms with Gasteiger partial charge in [0.2, 0.25) is 0 Å². The van der Waals surface area contributed by atoms with Crippen LogP contribution < -0.4 is 10.6 Å². The van der Waals surface area contributed by atoms with Crippen LogP contribution in [0.2, 0.25) is 0 Å². The molecule has 2 N–H and O–H groups in total. The second kappa shape index (κ2) is 12.7. The Bertz CT molecular complexity index is 760. The molecule has 0 fully saturated rings. The molecule has 29 heavy (non-hydrogen) atoms. The molecule has 0 aliphatic heterocycles. The van der Waals surface area contributed by atoms with E-state index >= 15 is 0 Å². The molecule has 1 aromatic carbocycles. The standard InChI is InChI=1S/C19H27F3N6.HI/c1-3-5-9-23-18(24-10-11-28-14-26-27-17(28)4-2)25-13-15-7-6-8-16(12-15)19(20,21)22;/h6-8,12,14H,3-5,9-11,13H2,1-2H3,(H2,23,24,25);1H. The van der Waals surface area contributed by atoms with Crippen LogP contribution in [-0.4, -0.2) is 33.8 Å². The van der Waals surface area contributed by atoms with Gasteiger partial charge in [0.25, 0.3) is 0 Å². The molecule has 2 aromatic rings. The van der Waals surface area contributed by atoms with Crippen molar-refractivity contribution in [3.05, 3.63) is 47.5 Å². The summed E-state index contributed by atoms with van der Waals surface area (Å²) in [6.45, 7) is 6.30. The largest absolute Gasteiger partial charge is 0.416 e. The van der Waals surface area contributed by atoms with Crippen molar-refractivity contribution in [3.8, 4) is 0 Å². The molecule has 2 rings (SSSR count). The van der Waals surface area contributed by atoms with Gasteiger partial charge in [0.05, 0.1) is 12.1 Å². The molecule has 162 valence electrons. The molecule has 6 nitrogen and oxygen atoms in total. The molecule has 0 bridgehead atoms. The monoisotopic (exact) mass is 524 g/mol. The minimum atomic E-state index is -4.35. The summed E-state index contributed by atoms with van der Waals surface area (Å²) in [5.74, 6) is 1.49. The van der Waals surface area contributed by atoms with Gasteiger partial charge in [-0.1, -0.05) is 32.4 Å². The molecule has 0 aliphatic carbocycles. The number of benzene rings is 1. The van der Waals surface area contributed by atoms with E-state index in [9.17, 15) is 13.2 Å². The summed E-state index contributed by atoms with van der Waals surface area (Å²) in [7, 11) is 0. The lowest BCUT2D eigenvalue weighted by molar-refractivity contribution is -0.137. The molecular weight excluding hydrogens is 496 g/mol. The van der Waals surface area contributed by atoms with E-state index in [0.29, 0.717) is 24.6 Å². The average Bonchev–Trinajstić information content (AvgIpc) is 3.13. The van der Waals surface area contributed by atoms with Crippen molar-refractivity contribution < 1.29 is 13.2 Å². The van der Waals surface area contributed by atoms with E-state index in [4.69, 9.17) is 0 Å². The van der Waals surface area contributed by atoms with E-state index in [1.165, 1.54) is 6.07 Å². The number of hydrogen-bond donors (Lipinski definition) is 2. The third-order valence-corrected chi connectivity index (χ3v) is 4.15. The number of rotatable bonds is 9. The van der Waals surface area contributed by atoms with Crippen LogP contribution in [0.25, 0.3) is 0 Å². The molecule has 0 amide bonds. The topological polar surface area (TPSA) is 67.1 Å². The van der Waals surface area contributed by atoms with Gasteiger partial charge in [0, 0.05) is 26.1 Å². The number of aromatic nitrogens is 3. The van der Waals surface area contributed by atoms with Crippen molar-refractivity contribution in [1.82, 2.24) is 25.4 Å². The lowest BCUT2D eigenvalue weighted by Crippen LogP contribution is -2.39. The van der Waals surface area contributed by atoms with Crippen molar-refractivity contribution in [3.63, 3.8) is 0 Å². The smallest absolute Gasteiger partial charge is 0.356 e. The number of halogens is 4. The van der Waals surface area contributed by atoms with Crippen LogP contribution in [0.3, 0.4) is 0 Å². The maximum atomic E-state index is 12.9. The number of hydrogen-bond acceptors (Lipinski definition) is 3. The molecule has 0 aliphatic rings. The molecule has 1 aromatic heterocycles. The van der Waals surface area contributed by atoms with Crippen LogP contribution in [0.4, 0.5) is 13.2 Å². The van der Waals surface area contributed by atoms with E-state index in [1.54, 1.807) is 12.4 Å². The Labute approximate surface area is 186 Å². The van der Waals surface area contributed by atoms with Gasteiger partial charge in [-0.3, -0.25) is 0 Å². The van der Waals surface area contributed by atoms with E-state index in [1.807, 2.05) is 11.5 Å². The fourth-order valence-corrected chi connectivity index (χ4v) is 2.61. The lowest BCUT2D eigenvalue weighted by Gasteiger charge is -2.13. The predicted octanol–water partition coefficient (Wildman–Crippen LogP) is 4.01. The molecule has 0 spiro atoms. The van der Waals surface area contributed by atoms with Gasteiger partial charge in [0.1, 0.15) is 12.2 Å². The fraction of sp³-hybridized carbons (Fsp3) is 0.526. The third-order valence-electron chi connectivity index (χ3n) is 4.15. The summed E-state index contributed by atoms with van der Waals surface area (Å²) in [6.07, 6.45) is 0.149. The first-order valence-corrected chi connectivity index (χ1v) is 9.49. The van der Waals surface area contributed by atoms with Gasteiger partial charge in [0.15, 0.2) is 5.96 Å². The molecule has 0 radical (unpaired) electrons. The lowest BCUT2D eigenvalue weighted by atomic mass is 10.1. The number of guanidine groups is 1. The SMILES string of the molecule is CCCCNC(=NCc1cccc(C(F)(F)F)c1)NCCn1cnnc1CC.I. The Hall–Kier alpha value is -1.85. The van der Waals surface area contributed by atoms with Crippen molar-refractivity contribution >= 4 is 29.9 Å². The molecule has 1 heterocycles. The number of aryl methyl sites for hydroxylation is 1. The Morgan fingerprint density at radius 3 is 2.62 bits per heavy atom. The predicted molar refractivity (Wildman–Crippen MR) is 118 cm³/mol. The molecular formula is C19H28F3IN6. The first-order valence-electron chi connectivity index (χ1n) is 9.49. The highest BCUT2D eigenvalue weighted by Gasteiger charge is 2.30. The van der Waals surface area contributed by atoms with Crippen LogP contribution in [0.15, 0.2) is 35.6 Å². The first kappa shape index (κ1) is 25.2. The van der Waals surface area contributed by atoms with E-state index < -0.39 is 11.7 Å². The number of unbranched alkanes of at least 4 members (excludes halogenated alkanes) is 1. The Morgan fingerprint density at radius 2 is 1.93 bits per heavy atom. The van der Waals surface area contributed by atoms with Crippen LogP contribution >= 0.6 is 24.0 Å². The van der Waals surface area contributed by atoms with Gasteiger partial charge in [-0.2, -0.15) is 13.2 Å². The van der Waals surface area contributed by atoms with Crippen molar-refractivity contribution in [2.45, 2.75) is 52.4 Å². The van der Waals surface area contributed by atoms with Crippen LogP contribution in [0, 0.1) is 0 Å². The number of nitrogens with one attached hydrogen (secondary N) is 2. The highest BCUT2D eigenvalue weighted by Crippen LogP contribution is 2.29.